The molecule has 0 heterocycles. The quantitative estimate of drug-likeness (QED) is 0.551. The van der Waals surface area contributed by atoms with Gasteiger partial charge in [0, 0.05) is 5.75 Å². The molecule has 0 aliphatic carbocycles. The largest absolute Gasteiger partial charge is 2.00 e. The van der Waals surface area contributed by atoms with Crippen molar-refractivity contribution in [2.45, 2.75) is 27.2 Å². The van der Waals surface area contributed by atoms with Gasteiger partial charge in [-0.15, -0.1) is 12.1 Å². The maximum Gasteiger partial charge on any atom is 2.00 e. The predicted molar refractivity (Wildman–Crippen MR) is 60.7 cm³/mol. The second-order valence-corrected chi connectivity index (χ2v) is 3.74. The van der Waals surface area contributed by atoms with Gasteiger partial charge in [0.25, 0.3) is 0 Å². The van der Waals surface area contributed by atoms with E-state index in [2.05, 4.69) is 19.9 Å². The van der Waals surface area contributed by atoms with Crippen molar-refractivity contribution < 1.29 is 21.7 Å². The summed E-state index contributed by atoms with van der Waals surface area (Å²) in [6, 6.07) is 8.96. The molecule has 1 aromatic rings. The summed E-state index contributed by atoms with van der Waals surface area (Å²) in [5.74, 6) is 1.66. The zero-order valence-corrected chi connectivity index (χ0v) is 12.7. The maximum atomic E-state index is 5.58. The summed E-state index contributed by atoms with van der Waals surface area (Å²) in [5, 5.41) is 0. The van der Waals surface area contributed by atoms with E-state index in [9.17, 15) is 0 Å². The van der Waals surface area contributed by atoms with Crippen molar-refractivity contribution in [3.05, 3.63) is 29.8 Å². The molecule has 0 amide bonds. The van der Waals surface area contributed by atoms with Crippen molar-refractivity contribution in [1.82, 2.24) is 0 Å². The minimum Gasteiger partial charge on any atom is -1.00 e. The Bertz CT molecular complexity index is 264. The number of benzene rings is 1. The van der Waals surface area contributed by atoms with Crippen LogP contribution in [0, 0.1) is 18.9 Å². The van der Waals surface area contributed by atoms with Crippen LogP contribution in [0.4, 0.5) is 0 Å². The summed E-state index contributed by atoms with van der Waals surface area (Å²) in [4.78, 5) is 0. The SMILES string of the molecule is Cc1[c-]ccc(OCCC(C)C)c1.[Br-].[Mg+2]. The Balaban J connectivity index is 0. The third-order valence-electron chi connectivity index (χ3n) is 1.88. The molecule has 0 aliphatic heterocycles. The second kappa shape index (κ2) is 9.49. The number of ether oxygens (including phenoxy) is 1. The number of rotatable bonds is 4. The van der Waals surface area contributed by atoms with Gasteiger partial charge in [0.1, 0.15) is 0 Å². The van der Waals surface area contributed by atoms with E-state index in [-0.39, 0.29) is 40.0 Å². The molecule has 1 aromatic carbocycles. The summed E-state index contributed by atoms with van der Waals surface area (Å²) >= 11 is 0. The van der Waals surface area contributed by atoms with Crippen LogP contribution < -0.4 is 21.7 Å². The summed E-state index contributed by atoms with van der Waals surface area (Å²) < 4.78 is 5.58. The Hall–Kier alpha value is 0.266. The van der Waals surface area contributed by atoms with Gasteiger partial charge in [0.15, 0.2) is 0 Å². The molecule has 0 fully saturated rings. The van der Waals surface area contributed by atoms with Crippen LogP contribution in [0.5, 0.6) is 5.75 Å². The van der Waals surface area contributed by atoms with Crippen molar-refractivity contribution in [2.75, 3.05) is 6.61 Å². The molecule has 0 N–H and O–H groups in total. The van der Waals surface area contributed by atoms with Gasteiger partial charge in [-0.05, 0) is 12.3 Å². The Morgan fingerprint density at radius 1 is 1.40 bits per heavy atom. The topological polar surface area (TPSA) is 9.23 Å². The number of halogens is 1. The van der Waals surface area contributed by atoms with Crippen LogP contribution in [0.2, 0.25) is 0 Å². The van der Waals surface area contributed by atoms with Crippen LogP contribution in [-0.4, -0.2) is 29.7 Å². The van der Waals surface area contributed by atoms with Crippen LogP contribution in [-0.2, 0) is 0 Å². The van der Waals surface area contributed by atoms with Gasteiger partial charge in [-0.3, -0.25) is 0 Å². The molecule has 3 heteroatoms. The first kappa shape index (κ1) is 17.7. The fourth-order valence-corrected chi connectivity index (χ4v) is 1.06. The molecule has 80 valence electrons. The van der Waals surface area contributed by atoms with E-state index in [4.69, 9.17) is 4.74 Å². The molecule has 0 atom stereocenters. The molecule has 0 unspecified atom stereocenters. The Morgan fingerprint density at radius 2 is 2.07 bits per heavy atom. The zero-order chi connectivity index (χ0) is 9.68. The first-order chi connectivity index (χ1) is 6.18. The minimum absolute atomic E-state index is 0. The van der Waals surface area contributed by atoms with Crippen molar-refractivity contribution in [3.63, 3.8) is 0 Å². The molecular weight excluding hydrogens is 264 g/mol. The van der Waals surface area contributed by atoms with E-state index in [0.29, 0.717) is 5.92 Å². The zero-order valence-electron chi connectivity index (χ0n) is 9.72. The van der Waals surface area contributed by atoms with E-state index in [1.807, 2.05) is 25.1 Å². The number of hydrogen-bond donors (Lipinski definition) is 0. The van der Waals surface area contributed by atoms with E-state index < -0.39 is 0 Å². The van der Waals surface area contributed by atoms with Gasteiger partial charge < -0.3 is 21.7 Å². The summed E-state index contributed by atoms with van der Waals surface area (Å²) in [6.45, 7) is 7.23. The molecule has 1 rings (SSSR count). The minimum atomic E-state index is 0. The van der Waals surface area contributed by atoms with E-state index in [1.54, 1.807) is 0 Å². The Labute approximate surface area is 120 Å². The van der Waals surface area contributed by atoms with Crippen molar-refractivity contribution in [2.24, 2.45) is 5.92 Å². The first-order valence-corrected chi connectivity index (χ1v) is 4.79. The van der Waals surface area contributed by atoms with Crippen molar-refractivity contribution in [3.8, 4) is 5.75 Å². The van der Waals surface area contributed by atoms with Gasteiger partial charge in [-0.25, -0.2) is 0 Å². The molecule has 1 nitrogen and oxygen atoms in total. The summed E-state index contributed by atoms with van der Waals surface area (Å²) in [6.07, 6.45) is 1.11. The van der Waals surface area contributed by atoms with Gasteiger partial charge >= 0.3 is 23.1 Å². The van der Waals surface area contributed by atoms with Gasteiger partial charge in [-0.2, -0.15) is 17.7 Å². The number of aryl methyl sites for hydroxylation is 1. The average Bonchev–Trinajstić information content (AvgIpc) is 2.03. The van der Waals surface area contributed by atoms with Crippen LogP contribution in [0.25, 0.3) is 0 Å². The Morgan fingerprint density at radius 3 is 2.60 bits per heavy atom. The van der Waals surface area contributed by atoms with Crippen molar-refractivity contribution in [1.29, 1.82) is 0 Å². The van der Waals surface area contributed by atoms with E-state index in [0.717, 1.165) is 24.3 Å². The summed E-state index contributed by atoms with van der Waals surface area (Å²) in [7, 11) is 0. The molecule has 0 bridgehead atoms. The molecule has 0 saturated carbocycles. The standard InChI is InChI=1S/C12H17O.BrH.Mg/c1-10(2)7-8-13-12-6-4-5-11(3)9-12;;/h4,6,9-10H,7-8H2,1-3H3;1H;/q-1;;+2/p-1. The fraction of sp³-hybridized carbons (Fsp3) is 0.500. The molecule has 0 spiro atoms. The fourth-order valence-electron chi connectivity index (χ4n) is 1.06. The smallest absolute Gasteiger partial charge is 1.00 e. The van der Waals surface area contributed by atoms with E-state index in [1.165, 1.54) is 0 Å². The molecular formula is C12H17BrMgO. The third kappa shape index (κ3) is 8.11. The van der Waals surface area contributed by atoms with Crippen LogP contribution >= 0.6 is 0 Å². The average molecular weight is 281 g/mol. The van der Waals surface area contributed by atoms with E-state index >= 15 is 0 Å². The van der Waals surface area contributed by atoms with Crippen LogP contribution in [0.15, 0.2) is 18.2 Å². The maximum absolute atomic E-state index is 5.58. The van der Waals surface area contributed by atoms with Crippen molar-refractivity contribution >= 4 is 23.1 Å². The first-order valence-electron chi connectivity index (χ1n) is 4.79. The third-order valence-corrected chi connectivity index (χ3v) is 1.88. The van der Waals surface area contributed by atoms with Crippen LogP contribution in [0.1, 0.15) is 25.8 Å². The molecule has 0 aromatic heterocycles. The summed E-state index contributed by atoms with van der Waals surface area (Å²) in [5.41, 5.74) is 1.13. The number of hydrogen-bond acceptors (Lipinski definition) is 1. The predicted octanol–water partition coefficient (Wildman–Crippen LogP) is -0.157. The molecule has 15 heavy (non-hydrogen) atoms. The van der Waals surface area contributed by atoms with Crippen LogP contribution in [0.3, 0.4) is 0 Å². The second-order valence-electron chi connectivity index (χ2n) is 3.74. The normalized spacial score (nSPS) is 9.07. The van der Waals surface area contributed by atoms with Gasteiger partial charge in [0.05, 0.1) is 6.61 Å². The molecule has 0 saturated heterocycles. The Kier molecular flexibility index (Phi) is 11.2. The van der Waals surface area contributed by atoms with Gasteiger partial charge in [-0.1, -0.05) is 20.8 Å². The monoisotopic (exact) mass is 280 g/mol. The molecule has 0 radical (unpaired) electrons. The molecule has 0 aliphatic rings. The van der Waals surface area contributed by atoms with Gasteiger partial charge in [0.2, 0.25) is 0 Å².